The molecule has 0 radical (unpaired) electrons. The number of nitrogens with one attached hydrogen (secondary N) is 1. The van der Waals surface area contributed by atoms with Crippen molar-refractivity contribution in [2.24, 2.45) is 5.41 Å². The minimum Gasteiger partial charge on any atom is -0.465 e. The topological polar surface area (TPSA) is 52.6 Å². The van der Waals surface area contributed by atoms with Gasteiger partial charge >= 0.3 is 6.09 Å². The summed E-state index contributed by atoms with van der Waals surface area (Å²) < 4.78 is 0. The van der Waals surface area contributed by atoms with E-state index in [2.05, 4.69) is 22.3 Å². The largest absolute Gasteiger partial charge is 0.465 e. The number of hydrogen-bond donors (Lipinski definition) is 2. The molecule has 1 aromatic rings. The molecular weight excluding hydrogens is 228 g/mol. The lowest BCUT2D eigenvalue weighted by Gasteiger charge is -2.16. The van der Waals surface area contributed by atoms with Crippen molar-refractivity contribution in [3.8, 4) is 0 Å². The molecule has 0 aromatic heterocycles. The van der Waals surface area contributed by atoms with Gasteiger partial charge in [-0.3, -0.25) is 4.90 Å². The van der Waals surface area contributed by atoms with Crippen molar-refractivity contribution in [1.82, 2.24) is 10.2 Å². The molecule has 1 spiro atoms. The molecule has 1 amide bonds. The molecule has 96 valence electrons. The molecule has 1 aromatic carbocycles. The van der Waals surface area contributed by atoms with E-state index in [4.69, 9.17) is 5.11 Å². The van der Waals surface area contributed by atoms with Gasteiger partial charge in [-0.25, -0.2) is 4.79 Å². The number of rotatable bonds is 3. The number of likely N-dealkylation sites (tertiary alicyclic amines) is 1. The van der Waals surface area contributed by atoms with Gasteiger partial charge in [0.05, 0.1) is 6.04 Å². The third-order valence-corrected chi connectivity index (χ3v) is 4.16. The van der Waals surface area contributed by atoms with E-state index in [0.29, 0.717) is 0 Å². The van der Waals surface area contributed by atoms with Crippen LogP contribution >= 0.6 is 0 Å². The number of carbonyl (C=O) groups is 1. The van der Waals surface area contributed by atoms with E-state index in [0.717, 1.165) is 32.5 Å². The molecule has 1 heterocycles. The molecule has 4 heteroatoms. The average molecular weight is 246 g/mol. The van der Waals surface area contributed by atoms with Crippen LogP contribution in [0, 0.1) is 5.41 Å². The molecule has 2 fully saturated rings. The summed E-state index contributed by atoms with van der Waals surface area (Å²) in [6, 6.07) is 10.5. The van der Waals surface area contributed by atoms with E-state index in [9.17, 15) is 4.79 Å². The standard InChI is InChI=1S/C14H18N2O2/c17-13(18)15-12-9-16(10-14(12)6-7-14)8-11-4-2-1-3-5-11/h1-5,12,15H,6-10H2,(H,17,18)/t12-/m1/s1. The number of hydrogen-bond acceptors (Lipinski definition) is 2. The van der Waals surface area contributed by atoms with Crippen LogP contribution in [0.25, 0.3) is 0 Å². The molecular formula is C14H18N2O2. The highest BCUT2D eigenvalue weighted by atomic mass is 16.4. The zero-order valence-corrected chi connectivity index (χ0v) is 10.3. The van der Waals surface area contributed by atoms with Crippen LogP contribution in [0.1, 0.15) is 18.4 Å². The lowest BCUT2D eigenvalue weighted by molar-refractivity contribution is 0.186. The predicted octanol–water partition coefficient (Wildman–Crippen LogP) is 1.92. The normalized spacial score (nSPS) is 25.2. The second kappa shape index (κ2) is 4.28. The summed E-state index contributed by atoms with van der Waals surface area (Å²) in [6.45, 7) is 2.77. The molecule has 2 aliphatic rings. The lowest BCUT2D eigenvalue weighted by Crippen LogP contribution is -2.40. The monoisotopic (exact) mass is 246 g/mol. The van der Waals surface area contributed by atoms with Crippen LogP contribution in [0.3, 0.4) is 0 Å². The fourth-order valence-electron chi connectivity index (χ4n) is 3.05. The Hall–Kier alpha value is -1.55. The Labute approximate surface area is 107 Å². The summed E-state index contributed by atoms with van der Waals surface area (Å²) >= 11 is 0. The van der Waals surface area contributed by atoms with Crippen molar-refractivity contribution >= 4 is 6.09 Å². The molecule has 18 heavy (non-hydrogen) atoms. The summed E-state index contributed by atoms with van der Waals surface area (Å²) in [7, 11) is 0. The van der Waals surface area contributed by atoms with E-state index in [1.54, 1.807) is 0 Å². The van der Waals surface area contributed by atoms with Crippen LogP contribution in [0.5, 0.6) is 0 Å². The maximum Gasteiger partial charge on any atom is 0.404 e. The first-order chi connectivity index (χ1) is 8.68. The maximum absolute atomic E-state index is 10.8. The number of nitrogens with zero attached hydrogens (tertiary/aromatic N) is 1. The molecule has 1 aliphatic carbocycles. The molecule has 0 unspecified atom stereocenters. The Kier molecular flexibility index (Phi) is 2.74. The zero-order valence-electron chi connectivity index (χ0n) is 10.3. The number of amides is 1. The molecule has 3 rings (SSSR count). The molecule has 4 nitrogen and oxygen atoms in total. The first-order valence-electron chi connectivity index (χ1n) is 6.44. The number of carboxylic acid groups (broad SMARTS) is 1. The minimum atomic E-state index is -0.896. The van der Waals surface area contributed by atoms with Crippen molar-refractivity contribution in [1.29, 1.82) is 0 Å². The van der Waals surface area contributed by atoms with Crippen LogP contribution in [0.15, 0.2) is 30.3 Å². The summed E-state index contributed by atoms with van der Waals surface area (Å²) in [5, 5.41) is 11.6. The van der Waals surface area contributed by atoms with E-state index < -0.39 is 6.09 Å². The van der Waals surface area contributed by atoms with Gasteiger partial charge in [-0.2, -0.15) is 0 Å². The van der Waals surface area contributed by atoms with Gasteiger partial charge in [-0.05, 0) is 18.4 Å². The zero-order chi connectivity index (χ0) is 12.6. The first-order valence-corrected chi connectivity index (χ1v) is 6.44. The van der Waals surface area contributed by atoms with Crippen LogP contribution in [-0.2, 0) is 6.54 Å². The summed E-state index contributed by atoms with van der Waals surface area (Å²) in [5.41, 5.74) is 1.52. The van der Waals surface area contributed by atoms with Gasteiger partial charge in [0, 0.05) is 25.0 Å². The second-order valence-corrected chi connectivity index (χ2v) is 5.52. The van der Waals surface area contributed by atoms with Gasteiger partial charge in [-0.1, -0.05) is 30.3 Å². The Morgan fingerprint density at radius 2 is 2.11 bits per heavy atom. The Bertz CT molecular complexity index is 442. The van der Waals surface area contributed by atoms with E-state index in [-0.39, 0.29) is 11.5 Å². The number of benzene rings is 1. The van der Waals surface area contributed by atoms with Crippen molar-refractivity contribution < 1.29 is 9.90 Å². The van der Waals surface area contributed by atoms with Crippen molar-refractivity contribution in [3.63, 3.8) is 0 Å². The summed E-state index contributed by atoms with van der Waals surface area (Å²) in [6.07, 6.45) is 1.42. The predicted molar refractivity (Wildman–Crippen MR) is 68.3 cm³/mol. The van der Waals surface area contributed by atoms with Gasteiger partial charge < -0.3 is 10.4 Å². The van der Waals surface area contributed by atoms with E-state index in [1.165, 1.54) is 5.56 Å². The smallest absolute Gasteiger partial charge is 0.404 e. The van der Waals surface area contributed by atoms with Crippen LogP contribution < -0.4 is 5.32 Å². The summed E-state index contributed by atoms with van der Waals surface area (Å²) in [5.74, 6) is 0. The van der Waals surface area contributed by atoms with Gasteiger partial charge in [-0.15, -0.1) is 0 Å². The van der Waals surface area contributed by atoms with Gasteiger partial charge in [0.2, 0.25) is 0 Å². The molecule has 1 atom stereocenters. The van der Waals surface area contributed by atoms with Crippen molar-refractivity contribution in [2.45, 2.75) is 25.4 Å². The fourth-order valence-corrected chi connectivity index (χ4v) is 3.05. The molecule has 0 bridgehead atoms. The SMILES string of the molecule is O=C(O)N[C@@H]1CN(Cc2ccccc2)CC12CC2. The highest BCUT2D eigenvalue weighted by Crippen LogP contribution is 2.52. The minimum absolute atomic E-state index is 0.110. The van der Waals surface area contributed by atoms with E-state index in [1.807, 2.05) is 18.2 Å². The quantitative estimate of drug-likeness (QED) is 0.856. The van der Waals surface area contributed by atoms with Crippen molar-refractivity contribution in [2.75, 3.05) is 13.1 Å². The van der Waals surface area contributed by atoms with Crippen LogP contribution in [0.2, 0.25) is 0 Å². The Morgan fingerprint density at radius 3 is 2.72 bits per heavy atom. The molecule has 1 saturated heterocycles. The van der Waals surface area contributed by atoms with Gasteiger partial charge in [0.25, 0.3) is 0 Å². The van der Waals surface area contributed by atoms with Crippen LogP contribution in [0.4, 0.5) is 4.79 Å². The third-order valence-electron chi connectivity index (χ3n) is 4.16. The molecule has 1 saturated carbocycles. The Morgan fingerprint density at radius 1 is 1.39 bits per heavy atom. The second-order valence-electron chi connectivity index (χ2n) is 5.52. The Balaban J connectivity index is 1.65. The van der Waals surface area contributed by atoms with E-state index >= 15 is 0 Å². The van der Waals surface area contributed by atoms with Crippen LogP contribution in [-0.4, -0.2) is 35.2 Å². The average Bonchev–Trinajstić information content (AvgIpc) is 3.02. The fraction of sp³-hybridized carbons (Fsp3) is 0.500. The first kappa shape index (κ1) is 11.5. The lowest BCUT2D eigenvalue weighted by atomic mass is 10.0. The highest BCUT2D eigenvalue weighted by Gasteiger charge is 2.55. The van der Waals surface area contributed by atoms with Gasteiger partial charge in [0.15, 0.2) is 0 Å². The maximum atomic E-state index is 10.8. The molecule has 2 N–H and O–H groups in total. The third kappa shape index (κ3) is 2.20. The molecule has 1 aliphatic heterocycles. The van der Waals surface area contributed by atoms with Gasteiger partial charge in [0.1, 0.15) is 0 Å². The van der Waals surface area contributed by atoms with Crippen molar-refractivity contribution in [3.05, 3.63) is 35.9 Å². The summed E-state index contributed by atoms with van der Waals surface area (Å²) in [4.78, 5) is 13.2. The highest BCUT2D eigenvalue weighted by molar-refractivity contribution is 5.65.